The summed E-state index contributed by atoms with van der Waals surface area (Å²) in [5.41, 5.74) is 0.0939. The lowest BCUT2D eigenvalue weighted by Crippen LogP contribution is -2.27. The van der Waals surface area contributed by atoms with Gasteiger partial charge in [0.2, 0.25) is 0 Å². The first-order chi connectivity index (χ1) is 7.83. The van der Waals surface area contributed by atoms with Gasteiger partial charge in [0.05, 0.1) is 12.7 Å². The van der Waals surface area contributed by atoms with E-state index in [1.54, 1.807) is 31.4 Å². The van der Waals surface area contributed by atoms with E-state index in [-0.39, 0.29) is 0 Å². The fraction of sp³-hybridized carbons (Fsp3) is 0.462. The molecule has 0 radical (unpaired) electrons. The van der Waals surface area contributed by atoms with Gasteiger partial charge in [-0.25, -0.2) is 4.79 Å². The van der Waals surface area contributed by atoms with Crippen LogP contribution in [0.15, 0.2) is 24.3 Å². The summed E-state index contributed by atoms with van der Waals surface area (Å²) >= 11 is 0. The van der Waals surface area contributed by atoms with Crippen LogP contribution < -0.4 is 4.74 Å². The number of benzene rings is 1. The predicted molar refractivity (Wildman–Crippen MR) is 64.2 cm³/mol. The molecule has 1 N–H and O–H groups in total. The Morgan fingerprint density at radius 1 is 1.24 bits per heavy atom. The fourth-order valence-electron chi connectivity index (χ4n) is 1.39. The molecule has 0 aliphatic heterocycles. The van der Waals surface area contributed by atoms with E-state index in [4.69, 9.17) is 14.6 Å². The van der Waals surface area contributed by atoms with Crippen LogP contribution in [-0.4, -0.2) is 23.8 Å². The zero-order valence-electron chi connectivity index (χ0n) is 10.6. The normalized spacial score (nSPS) is 13.2. The predicted octanol–water partition coefficient (Wildman–Crippen LogP) is 2.64. The molecule has 4 heteroatoms. The molecular weight excluding hydrogens is 220 g/mol. The summed E-state index contributed by atoms with van der Waals surface area (Å²) in [6, 6.07) is 6.83. The number of carboxylic acids is 1. The Balaban J connectivity index is 2.94. The molecule has 17 heavy (non-hydrogen) atoms. The Kier molecular flexibility index (Phi) is 4.12. The van der Waals surface area contributed by atoms with Crippen LogP contribution in [0.4, 0.5) is 0 Å². The summed E-state index contributed by atoms with van der Waals surface area (Å²) in [5, 5.41) is 9.16. The Bertz CT molecular complexity index is 375. The summed E-state index contributed by atoms with van der Waals surface area (Å²) in [5.74, 6) is -0.307. The van der Waals surface area contributed by atoms with E-state index < -0.39 is 17.7 Å². The first-order valence-corrected chi connectivity index (χ1v) is 5.38. The van der Waals surface area contributed by atoms with Gasteiger partial charge < -0.3 is 14.6 Å². The number of methoxy groups -OCH3 is 1. The molecule has 0 aliphatic carbocycles. The van der Waals surface area contributed by atoms with Crippen LogP contribution >= 0.6 is 0 Å². The highest BCUT2D eigenvalue weighted by atomic mass is 16.5. The monoisotopic (exact) mass is 238 g/mol. The molecule has 0 aliphatic rings. The molecule has 0 amide bonds. The van der Waals surface area contributed by atoms with Gasteiger partial charge in [0.25, 0.3) is 0 Å². The average Bonchev–Trinajstić information content (AvgIpc) is 2.25. The van der Waals surface area contributed by atoms with Crippen molar-refractivity contribution in [2.45, 2.75) is 32.5 Å². The van der Waals surface area contributed by atoms with Crippen LogP contribution in [0, 0.1) is 0 Å². The Hall–Kier alpha value is -1.55. The minimum Gasteiger partial charge on any atom is -0.497 e. The van der Waals surface area contributed by atoms with Crippen LogP contribution in [0.5, 0.6) is 5.75 Å². The van der Waals surface area contributed by atoms with Gasteiger partial charge in [0, 0.05) is 0 Å². The van der Waals surface area contributed by atoms with Crippen molar-refractivity contribution in [3.8, 4) is 5.75 Å². The molecule has 1 rings (SSSR count). The number of aliphatic carboxylic acids is 1. The van der Waals surface area contributed by atoms with E-state index in [9.17, 15) is 4.79 Å². The maximum atomic E-state index is 11.2. The number of hydrogen-bond donors (Lipinski definition) is 1. The Morgan fingerprint density at radius 3 is 2.12 bits per heavy atom. The molecule has 0 bridgehead atoms. The Labute approximate surface area is 101 Å². The van der Waals surface area contributed by atoms with Gasteiger partial charge in [-0.05, 0) is 38.5 Å². The van der Waals surface area contributed by atoms with Crippen LogP contribution in [0.2, 0.25) is 0 Å². The van der Waals surface area contributed by atoms with Gasteiger partial charge in [-0.2, -0.15) is 0 Å². The van der Waals surface area contributed by atoms with Crippen LogP contribution in [0.3, 0.4) is 0 Å². The van der Waals surface area contributed by atoms with Gasteiger partial charge in [-0.3, -0.25) is 0 Å². The average molecular weight is 238 g/mol. The first kappa shape index (κ1) is 13.5. The highest BCUT2D eigenvalue weighted by Gasteiger charge is 2.26. The molecule has 0 saturated carbocycles. The van der Waals surface area contributed by atoms with E-state index >= 15 is 0 Å². The third-order valence-electron chi connectivity index (χ3n) is 2.11. The van der Waals surface area contributed by atoms with Crippen molar-refractivity contribution in [1.29, 1.82) is 0 Å². The summed E-state index contributed by atoms with van der Waals surface area (Å²) in [4.78, 5) is 11.2. The quantitative estimate of drug-likeness (QED) is 0.876. The molecule has 1 atom stereocenters. The van der Waals surface area contributed by atoms with Crippen molar-refractivity contribution in [2.75, 3.05) is 7.11 Å². The Morgan fingerprint density at radius 2 is 1.76 bits per heavy atom. The largest absolute Gasteiger partial charge is 0.497 e. The zero-order chi connectivity index (χ0) is 13.1. The molecular formula is C13H18O4. The third-order valence-corrected chi connectivity index (χ3v) is 2.11. The summed E-state index contributed by atoms with van der Waals surface area (Å²) in [6.07, 6.45) is -0.957. The van der Waals surface area contributed by atoms with E-state index in [2.05, 4.69) is 0 Å². The standard InChI is InChI=1S/C13H18O4/c1-13(2,3)17-11(12(14)15)9-5-7-10(16-4)8-6-9/h5-8,11H,1-4H3,(H,14,15). The van der Waals surface area contributed by atoms with E-state index in [1.165, 1.54) is 0 Å². The lowest BCUT2D eigenvalue weighted by molar-refractivity contribution is -0.160. The van der Waals surface area contributed by atoms with E-state index in [0.717, 1.165) is 0 Å². The number of carboxylic acid groups (broad SMARTS) is 1. The van der Waals surface area contributed by atoms with Gasteiger partial charge in [-0.1, -0.05) is 12.1 Å². The molecule has 1 aromatic rings. The molecule has 0 aromatic heterocycles. The summed E-state index contributed by atoms with van der Waals surface area (Å²) in [7, 11) is 1.56. The molecule has 4 nitrogen and oxygen atoms in total. The lowest BCUT2D eigenvalue weighted by Gasteiger charge is -2.25. The smallest absolute Gasteiger partial charge is 0.337 e. The summed E-state index contributed by atoms with van der Waals surface area (Å²) in [6.45, 7) is 5.48. The summed E-state index contributed by atoms with van der Waals surface area (Å²) < 4.78 is 10.5. The number of ether oxygens (including phenoxy) is 2. The van der Waals surface area contributed by atoms with Crippen molar-refractivity contribution in [2.24, 2.45) is 0 Å². The van der Waals surface area contributed by atoms with Gasteiger partial charge in [0.15, 0.2) is 6.10 Å². The SMILES string of the molecule is COc1ccc(C(OC(C)(C)C)C(=O)O)cc1. The third kappa shape index (κ3) is 4.07. The minimum absolute atomic E-state index is 0.511. The van der Waals surface area contributed by atoms with Crippen LogP contribution in [0.1, 0.15) is 32.4 Å². The molecule has 0 heterocycles. The van der Waals surface area contributed by atoms with Crippen molar-refractivity contribution in [1.82, 2.24) is 0 Å². The first-order valence-electron chi connectivity index (χ1n) is 5.38. The van der Waals surface area contributed by atoms with Gasteiger partial charge in [-0.15, -0.1) is 0 Å². The van der Waals surface area contributed by atoms with Crippen LogP contribution in [-0.2, 0) is 9.53 Å². The number of hydrogen-bond acceptors (Lipinski definition) is 3. The van der Waals surface area contributed by atoms with Crippen molar-refractivity contribution >= 4 is 5.97 Å². The maximum absolute atomic E-state index is 11.2. The molecule has 94 valence electrons. The van der Waals surface area contributed by atoms with Gasteiger partial charge in [0.1, 0.15) is 5.75 Å². The second kappa shape index (κ2) is 5.19. The van der Waals surface area contributed by atoms with Gasteiger partial charge >= 0.3 is 5.97 Å². The lowest BCUT2D eigenvalue weighted by atomic mass is 10.1. The fourth-order valence-corrected chi connectivity index (χ4v) is 1.39. The topological polar surface area (TPSA) is 55.8 Å². The highest BCUT2D eigenvalue weighted by Crippen LogP contribution is 2.25. The van der Waals surface area contributed by atoms with E-state index in [1.807, 2.05) is 20.8 Å². The number of carbonyl (C=O) groups is 1. The molecule has 1 unspecified atom stereocenters. The molecule has 0 saturated heterocycles. The molecule has 1 aromatic carbocycles. The number of rotatable bonds is 4. The maximum Gasteiger partial charge on any atom is 0.337 e. The molecule has 0 spiro atoms. The van der Waals surface area contributed by atoms with Crippen LogP contribution in [0.25, 0.3) is 0 Å². The zero-order valence-corrected chi connectivity index (χ0v) is 10.6. The van der Waals surface area contributed by atoms with Crippen molar-refractivity contribution in [3.63, 3.8) is 0 Å². The minimum atomic E-state index is -0.995. The van der Waals surface area contributed by atoms with Crippen molar-refractivity contribution < 1.29 is 19.4 Å². The molecule has 0 fully saturated rings. The highest BCUT2D eigenvalue weighted by molar-refractivity contribution is 5.74. The second-order valence-electron chi connectivity index (χ2n) is 4.72. The van der Waals surface area contributed by atoms with Crippen molar-refractivity contribution in [3.05, 3.63) is 29.8 Å². The van der Waals surface area contributed by atoms with E-state index in [0.29, 0.717) is 11.3 Å². The second-order valence-corrected chi connectivity index (χ2v) is 4.72.